The first-order chi connectivity index (χ1) is 16.2. The van der Waals surface area contributed by atoms with Gasteiger partial charge in [0.25, 0.3) is 0 Å². The summed E-state index contributed by atoms with van der Waals surface area (Å²) < 4.78 is 17.4. The number of carboxylic acid groups (broad SMARTS) is 1. The molecule has 0 spiro atoms. The Labute approximate surface area is 200 Å². The molecule has 8 nitrogen and oxygen atoms in total. The zero-order valence-corrected chi connectivity index (χ0v) is 20.3. The molecule has 0 radical (unpaired) electrons. The third-order valence-electron chi connectivity index (χ3n) is 7.19. The van der Waals surface area contributed by atoms with Crippen LogP contribution in [0.4, 0.5) is 4.79 Å². The number of ether oxygens (including phenoxy) is 2. The molecule has 2 aromatic rings. The number of rotatable bonds is 8. The molecule has 1 aromatic heterocycles. The number of aliphatic carboxylic acids is 1. The van der Waals surface area contributed by atoms with Crippen LogP contribution in [0.25, 0.3) is 11.3 Å². The van der Waals surface area contributed by atoms with Gasteiger partial charge in [0.15, 0.2) is 5.76 Å². The molecule has 2 aliphatic rings. The Morgan fingerprint density at radius 3 is 2.50 bits per heavy atom. The lowest BCUT2D eigenvalue weighted by atomic mass is 9.87. The van der Waals surface area contributed by atoms with E-state index in [4.69, 9.17) is 14.0 Å². The minimum atomic E-state index is -0.750. The molecule has 4 atom stereocenters. The third-order valence-corrected chi connectivity index (χ3v) is 7.19. The average molecular weight is 471 g/mol. The van der Waals surface area contributed by atoms with E-state index in [1.807, 2.05) is 38.1 Å². The van der Waals surface area contributed by atoms with Gasteiger partial charge in [0.2, 0.25) is 0 Å². The summed E-state index contributed by atoms with van der Waals surface area (Å²) in [5, 5.41) is 13.4. The number of hydrogen-bond acceptors (Lipinski definition) is 6. The first-order valence-corrected chi connectivity index (χ1v) is 12.1. The second-order valence-electron chi connectivity index (χ2n) is 9.69. The normalized spacial score (nSPS) is 22.0. The van der Waals surface area contributed by atoms with Crippen LogP contribution in [-0.4, -0.2) is 46.4 Å². The maximum absolute atomic E-state index is 12.7. The zero-order chi connectivity index (χ0) is 24.4. The third kappa shape index (κ3) is 5.37. The van der Waals surface area contributed by atoms with Gasteiger partial charge in [-0.3, -0.25) is 4.79 Å². The predicted octanol–water partition coefficient (Wildman–Crippen LogP) is 5.60. The number of hydrogen-bond donors (Lipinski definition) is 1. The fourth-order valence-electron chi connectivity index (χ4n) is 4.77. The van der Waals surface area contributed by atoms with E-state index in [0.717, 1.165) is 36.8 Å². The van der Waals surface area contributed by atoms with Gasteiger partial charge in [-0.2, -0.15) is 0 Å². The molecule has 184 valence electrons. The van der Waals surface area contributed by atoms with Gasteiger partial charge >= 0.3 is 12.1 Å². The van der Waals surface area contributed by atoms with Crippen LogP contribution in [0, 0.1) is 18.8 Å². The molecular weight excluding hydrogens is 436 g/mol. The van der Waals surface area contributed by atoms with E-state index in [1.54, 1.807) is 11.9 Å². The number of carbonyl (C=O) groups is 2. The van der Waals surface area contributed by atoms with E-state index in [1.165, 1.54) is 0 Å². The average Bonchev–Trinajstić information content (AvgIpc) is 3.60. The highest BCUT2D eigenvalue weighted by Crippen LogP contribution is 2.37. The van der Waals surface area contributed by atoms with Crippen molar-refractivity contribution in [1.82, 2.24) is 10.1 Å². The quantitative estimate of drug-likeness (QED) is 0.536. The first kappa shape index (κ1) is 24.1. The summed E-state index contributed by atoms with van der Waals surface area (Å²) in [6, 6.07) is 7.62. The van der Waals surface area contributed by atoms with Crippen LogP contribution in [0.5, 0.6) is 5.75 Å². The Morgan fingerprint density at radius 1 is 1.15 bits per heavy atom. The highest BCUT2D eigenvalue weighted by molar-refractivity contribution is 5.70. The number of aromatic nitrogens is 1. The number of aryl methyl sites for hydroxylation is 1. The largest absolute Gasteiger partial charge is 0.490 e. The Bertz CT molecular complexity index is 1010. The van der Waals surface area contributed by atoms with Crippen molar-refractivity contribution in [2.75, 3.05) is 7.05 Å². The fraction of sp³-hybridized carbons (Fsp3) is 0.577. The molecular formula is C26H34N2O6. The van der Waals surface area contributed by atoms with Crippen LogP contribution in [0.15, 0.2) is 28.8 Å². The van der Waals surface area contributed by atoms with Crippen LogP contribution >= 0.6 is 0 Å². The SMILES string of the molecule is Cc1noc(-c2ccc(O[C@H]3CCC[C@H](C(=O)O)C3)cc2)c1C(C)OC(=O)N(C)[C@H](C)C1CC1. The van der Waals surface area contributed by atoms with E-state index >= 15 is 0 Å². The Kier molecular flexibility index (Phi) is 7.14. The highest BCUT2D eigenvalue weighted by atomic mass is 16.6. The number of carboxylic acids is 1. The van der Waals surface area contributed by atoms with Gasteiger partial charge in [-0.1, -0.05) is 5.16 Å². The topological polar surface area (TPSA) is 102 Å². The van der Waals surface area contributed by atoms with Crippen LogP contribution in [0.3, 0.4) is 0 Å². The van der Waals surface area contributed by atoms with Gasteiger partial charge in [-0.15, -0.1) is 0 Å². The van der Waals surface area contributed by atoms with E-state index in [0.29, 0.717) is 36.0 Å². The lowest BCUT2D eigenvalue weighted by Gasteiger charge is -2.27. The monoisotopic (exact) mass is 470 g/mol. The zero-order valence-electron chi connectivity index (χ0n) is 20.3. The molecule has 34 heavy (non-hydrogen) atoms. The van der Waals surface area contributed by atoms with Crippen molar-refractivity contribution < 1.29 is 28.7 Å². The molecule has 2 aliphatic carbocycles. The maximum atomic E-state index is 12.7. The summed E-state index contributed by atoms with van der Waals surface area (Å²) in [5.41, 5.74) is 2.22. The van der Waals surface area contributed by atoms with Crippen LogP contribution in [0.1, 0.15) is 69.7 Å². The minimum Gasteiger partial charge on any atom is -0.490 e. The summed E-state index contributed by atoms with van der Waals surface area (Å²) in [4.78, 5) is 25.7. The van der Waals surface area contributed by atoms with E-state index in [9.17, 15) is 14.7 Å². The van der Waals surface area contributed by atoms with Crippen molar-refractivity contribution >= 4 is 12.1 Å². The minimum absolute atomic E-state index is 0.0989. The molecule has 8 heteroatoms. The van der Waals surface area contributed by atoms with Gasteiger partial charge in [-0.05, 0) is 89.5 Å². The summed E-state index contributed by atoms with van der Waals surface area (Å²) >= 11 is 0. The van der Waals surface area contributed by atoms with Gasteiger partial charge in [0.05, 0.1) is 23.3 Å². The van der Waals surface area contributed by atoms with Gasteiger partial charge in [0, 0.05) is 18.7 Å². The van der Waals surface area contributed by atoms with Crippen molar-refractivity contribution in [3.63, 3.8) is 0 Å². The molecule has 1 unspecified atom stereocenters. The molecule has 4 rings (SSSR count). The standard InChI is InChI=1S/C26H34N2O6/c1-15-23(17(3)32-26(31)28(4)16(2)18-8-9-18)24(34-27-15)19-10-12-21(13-11-19)33-22-7-5-6-20(14-22)25(29)30/h10-13,16-18,20,22H,5-9,14H2,1-4H3,(H,29,30)/t16-,17?,20+,22+/m1/s1. The molecule has 0 aliphatic heterocycles. The van der Waals surface area contributed by atoms with Crippen LogP contribution in [-0.2, 0) is 9.53 Å². The van der Waals surface area contributed by atoms with Crippen LogP contribution in [0.2, 0.25) is 0 Å². The number of benzene rings is 1. The molecule has 2 fully saturated rings. The smallest absolute Gasteiger partial charge is 0.410 e. The summed E-state index contributed by atoms with van der Waals surface area (Å²) in [7, 11) is 1.78. The Balaban J connectivity index is 1.42. The van der Waals surface area contributed by atoms with Gasteiger partial charge in [-0.25, -0.2) is 4.79 Å². The highest BCUT2D eigenvalue weighted by Gasteiger charge is 2.34. The predicted molar refractivity (Wildman–Crippen MR) is 126 cm³/mol. The number of nitrogens with zero attached hydrogens (tertiary/aromatic N) is 2. The van der Waals surface area contributed by atoms with Crippen molar-refractivity contribution in [2.24, 2.45) is 11.8 Å². The number of carbonyl (C=O) groups excluding carboxylic acids is 1. The molecule has 0 saturated heterocycles. The van der Waals surface area contributed by atoms with Crippen LogP contribution < -0.4 is 4.74 Å². The Hall–Kier alpha value is -3.03. The van der Waals surface area contributed by atoms with Crippen molar-refractivity contribution in [3.05, 3.63) is 35.5 Å². The molecule has 1 N–H and O–H groups in total. The lowest BCUT2D eigenvalue weighted by molar-refractivity contribution is -0.143. The summed E-state index contributed by atoms with van der Waals surface area (Å²) in [5.74, 6) is 0.719. The molecule has 1 aromatic carbocycles. The maximum Gasteiger partial charge on any atom is 0.410 e. The lowest BCUT2D eigenvalue weighted by Crippen LogP contribution is -2.37. The van der Waals surface area contributed by atoms with E-state index in [-0.39, 0.29) is 24.2 Å². The fourth-order valence-corrected chi connectivity index (χ4v) is 4.77. The molecule has 1 heterocycles. The second-order valence-corrected chi connectivity index (χ2v) is 9.69. The van der Waals surface area contributed by atoms with Crippen molar-refractivity contribution in [2.45, 2.75) is 77.5 Å². The summed E-state index contributed by atoms with van der Waals surface area (Å²) in [6.07, 6.45) is 4.28. The van der Waals surface area contributed by atoms with Gasteiger partial charge < -0.3 is 24.0 Å². The molecule has 0 bridgehead atoms. The van der Waals surface area contributed by atoms with E-state index < -0.39 is 12.1 Å². The summed E-state index contributed by atoms with van der Waals surface area (Å²) in [6.45, 7) is 5.72. The van der Waals surface area contributed by atoms with Gasteiger partial charge in [0.1, 0.15) is 11.9 Å². The number of amides is 1. The first-order valence-electron chi connectivity index (χ1n) is 12.1. The van der Waals surface area contributed by atoms with Crippen molar-refractivity contribution in [3.8, 4) is 17.1 Å². The van der Waals surface area contributed by atoms with Crippen molar-refractivity contribution in [1.29, 1.82) is 0 Å². The molecule has 2 saturated carbocycles. The van der Waals surface area contributed by atoms with E-state index in [2.05, 4.69) is 12.1 Å². The molecule has 1 amide bonds. The Morgan fingerprint density at radius 2 is 1.85 bits per heavy atom. The second kappa shape index (κ2) is 10.1.